The summed E-state index contributed by atoms with van der Waals surface area (Å²) in [7, 11) is 0. The molecule has 2 heterocycles. The lowest BCUT2D eigenvalue weighted by Gasteiger charge is -2.27. The molecule has 0 bridgehead atoms. The second-order valence-corrected chi connectivity index (χ2v) is 8.78. The summed E-state index contributed by atoms with van der Waals surface area (Å²) in [5.74, 6) is 0.870. The molecule has 1 aliphatic rings. The van der Waals surface area contributed by atoms with Crippen molar-refractivity contribution in [3.05, 3.63) is 61.0 Å². The van der Waals surface area contributed by atoms with Crippen LogP contribution in [0.5, 0.6) is 5.75 Å². The Kier molecular flexibility index (Phi) is 7.49. The van der Waals surface area contributed by atoms with Crippen LogP contribution in [0.2, 0.25) is 0 Å². The molecule has 0 spiro atoms. The van der Waals surface area contributed by atoms with E-state index < -0.39 is 4.92 Å². The van der Waals surface area contributed by atoms with Gasteiger partial charge in [0.15, 0.2) is 0 Å². The van der Waals surface area contributed by atoms with E-state index in [2.05, 4.69) is 62.7 Å². The van der Waals surface area contributed by atoms with E-state index in [0.717, 1.165) is 4.47 Å². The van der Waals surface area contributed by atoms with Gasteiger partial charge in [-0.3, -0.25) is 10.1 Å². The first-order valence-corrected chi connectivity index (χ1v) is 11.5. The maximum Gasteiger partial charge on any atom is 0.269 e. The van der Waals surface area contributed by atoms with Crippen molar-refractivity contribution in [3.63, 3.8) is 0 Å². The summed E-state index contributed by atoms with van der Waals surface area (Å²) in [5.41, 5.74) is 3.79. The van der Waals surface area contributed by atoms with Crippen molar-refractivity contribution < 1.29 is 14.8 Å². The number of hydrazone groups is 1. The highest BCUT2D eigenvalue weighted by molar-refractivity contribution is 9.11. The van der Waals surface area contributed by atoms with E-state index >= 15 is 0 Å². The topological polar surface area (TPSA) is 151 Å². The van der Waals surface area contributed by atoms with Gasteiger partial charge in [-0.1, -0.05) is 15.9 Å². The van der Waals surface area contributed by atoms with Crippen LogP contribution in [0.15, 0.2) is 50.4 Å². The average Bonchev–Trinajstić information content (AvgIpc) is 2.83. The molecule has 3 N–H and O–H groups in total. The summed E-state index contributed by atoms with van der Waals surface area (Å²) < 4.78 is 6.69. The highest BCUT2D eigenvalue weighted by atomic mass is 79.9. The van der Waals surface area contributed by atoms with E-state index in [9.17, 15) is 15.2 Å². The predicted octanol–water partition coefficient (Wildman–Crippen LogP) is 4.04. The largest absolute Gasteiger partial charge is 0.506 e. The van der Waals surface area contributed by atoms with Crippen molar-refractivity contribution in [3.8, 4) is 5.75 Å². The maximum atomic E-state index is 10.9. The zero-order valence-corrected chi connectivity index (χ0v) is 20.7. The number of rotatable bonds is 7. The molecule has 1 fully saturated rings. The van der Waals surface area contributed by atoms with Gasteiger partial charge in [-0.05, 0) is 40.2 Å². The summed E-state index contributed by atoms with van der Waals surface area (Å²) in [4.78, 5) is 25.6. The number of nitrogens with zero attached hydrogens (tertiary/aromatic N) is 6. The first-order valence-electron chi connectivity index (χ1n) is 9.96. The third-order valence-corrected chi connectivity index (χ3v) is 5.74. The number of anilines is 4. The van der Waals surface area contributed by atoms with Crippen LogP contribution in [-0.4, -0.2) is 57.5 Å². The van der Waals surface area contributed by atoms with Crippen LogP contribution in [0.25, 0.3) is 0 Å². The smallest absolute Gasteiger partial charge is 0.269 e. The van der Waals surface area contributed by atoms with Crippen LogP contribution in [0, 0.1) is 10.1 Å². The number of hydrogen-bond acceptors (Lipinski definition) is 11. The van der Waals surface area contributed by atoms with Gasteiger partial charge in [0.1, 0.15) is 5.75 Å². The van der Waals surface area contributed by atoms with Gasteiger partial charge in [0.2, 0.25) is 17.8 Å². The first-order chi connectivity index (χ1) is 16.4. The molecule has 0 aliphatic carbocycles. The second kappa shape index (κ2) is 10.7. The fourth-order valence-electron chi connectivity index (χ4n) is 3.01. The standard InChI is InChI=1S/C20H18Br2N8O4/c21-13-9-12(17(31)16(22)10-13)11-23-28-19-25-18(24-14-1-3-15(4-2-14)30(32)33)26-20(27-19)29-5-7-34-8-6-29/h1-4,9-11,31H,5-8H2,(H2,24,25,26,27,28). The van der Waals surface area contributed by atoms with Crippen molar-refractivity contribution in [2.75, 3.05) is 41.9 Å². The molecule has 176 valence electrons. The Bertz CT molecular complexity index is 1220. The van der Waals surface area contributed by atoms with Crippen LogP contribution in [-0.2, 0) is 4.74 Å². The van der Waals surface area contributed by atoms with E-state index in [1.807, 2.05) is 4.90 Å². The molecule has 14 heteroatoms. The molecular weight excluding hydrogens is 576 g/mol. The number of morpholine rings is 1. The molecule has 1 saturated heterocycles. The molecule has 4 rings (SSSR count). The minimum Gasteiger partial charge on any atom is -0.506 e. The van der Waals surface area contributed by atoms with Gasteiger partial charge in [0.25, 0.3) is 5.69 Å². The van der Waals surface area contributed by atoms with Crippen molar-refractivity contribution in [1.82, 2.24) is 15.0 Å². The number of ether oxygens (including phenoxy) is 1. The number of nitrogens with one attached hydrogen (secondary N) is 2. The third-order valence-electron chi connectivity index (χ3n) is 4.68. The quantitative estimate of drug-likeness (QED) is 0.208. The molecule has 1 aromatic heterocycles. The lowest BCUT2D eigenvalue weighted by atomic mass is 10.2. The monoisotopic (exact) mass is 592 g/mol. The fourth-order valence-corrected chi connectivity index (χ4v) is 4.27. The Morgan fingerprint density at radius 2 is 1.82 bits per heavy atom. The van der Waals surface area contributed by atoms with E-state index in [1.165, 1.54) is 18.3 Å². The zero-order valence-electron chi connectivity index (χ0n) is 17.5. The molecule has 2 aromatic carbocycles. The molecular formula is C20H18Br2N8O4. The van der Waals surface area contributed by atoms with E-state index in [1.54, 1.807) is 24.3 Å². The molecule has 1 aliphatic heterocycles. The zero-order chi connectivity index (χ0) is 24.1. The minimum absolute atomic E-state index is 0.0191. The molecule has 0 amide bonds. The number of aromatic hydroxyl groups is 1. The van der Waals surface area contributed by atoms with Crippen LogP contribution >= 0.6 is 31.9 Å². The maximum absolute atomic E-state index is 10.9. The van der Waals surface area contributed by atoms with Gasteiger partial charge in [-0.2, -0.15) is 20.1 Å². The fraction of sp³-hybridized carbons (Fsp3) is 0.200. The van der Waals surface area contributed by atoms with E-state index in [4.69, 9.17) is 4.74 Å². The second-order valence-electron chi connectivity index (χ2n) is 7.01. The molecule has 12 nitrogen and oxygen atoms in total. The van der Waals surface area contributed by atoms with Crippen LogP contribution in [0.3, 0.4) is 0 Å². The molecule has 34 heavy (non-hydrogen) atoms. The number of phenolic OH excluding ortho intramolecular Hbond substituents is 1. The van der Waals surface area contributed by atoms with E-state index in [-0.39, 0.29) is 23.3 Å². The lowest BCUT2D eigenvalue weighted by molar-refractivity contribution is -0.384. The summed E-state index contributed by atoms with van der Waals surface area (Å²) >= 11 is 6.66. The Morgan fingerprint density at radius 3 is 2.53 bits per heavy atom. The SMILES string of the molecule is O=[N+]([O-])c1ccc(Nc2nc(NN=Cc3cc(Br)cc(Br)c3O)nc(N3CCOCC3)n2)cc1. The number of non-ortho nitro benzene ring substituents is 1. The van der Waals surface area contributed by atoms with Crippen LogP contribution in [0.4, 0.5) is 29.2 Å². The predicted molar refractivity (Wildman–Crippen MR) is 134 cm³/mol. The molecule has 0 saturated carbocycles. The Hall–Kier alpha value is -3.36. The van der Waals surface area contributed by atoms with Crippen LogP contribution < -0.4 is 15.6 Å². The van der Waals surface area contributed by atoms with Crippen molar-refractivity contribution in [2.45, 2.75) is 0 Å². The van der Waals surface area contributed by atoms with Crippen molar-refractivity contribution in [2.24, 2.45) is 5.10 Å². The summed E-state index contributed by atoms with van der Waals surface area (Å²) in [6.07, 6.45) is 1.44. The van der Waals surface area contributed by atoms with Gasteiger partial charge >= 0.3 is 0 Å². The van der Waals surface area contributed by atoms with Gasteiger partial charge in [-0.25, -0.2) is 5.43 Å². The van der Waals surface area contributed by atoms with Crippen LogP contribution in [0.1, 0.15) is 5.56 Å². The van der Waals surface area contributed by atoms with Gasteiger partial charge < -0.3 is 20.1 Å². The summed E-state index contributed by atoms with van der Waals surface area (Å²) in [6, 6.07) is 9.33. The number of nitro groups is 1. The van der Waals surface area contributed by atoms with Crippen molar-refractivity contribution in [1.29, 1.82) is 0 Å². The van der Waals surface area contributed by atoms with Gasteiger partial charge in [-0.15, -0.1) is 0 Å². The average molecular weight is 594 g/mol. The summed E-state index contributed by atoms with van der Waals surface area (Å²) in [5, 5.41) is 28.3. The Balaban J connectivity index is 1.58. The molecule has 0 atom stereocenters. The number of benzene rings is 2. The molecule has 0 unspecified atom stereocenters. The Morgan fingerprint density at radius 1 is 1.12 bits per heavy atom. The lowest BCUT2D eigenvalue weighted by Crippen LogP contribution is -2.37. The number of aromatic nitrogens is 3. The van der Waals surface area contributed by atoms with Gasteiger partial charge in [0.05, 0.1) is 28.8 Å². The minimum atomic E-state index is -0.467. The first kappa shape index (κ1) is 23.8. The molecule has 0 radical (unpaired) electrons. The number of nitro benzene ring substituents is 1. The Labute approximate surface area is 210 Å². The number of halogens is 2. The molecule has 3 aromatic rings. The van der Waals surface area contributed by atoms with Crippen molar-refractivity contribution >= 4 is 67.3 Å². The number of hydrogen-bond donors (Lipinski definition) is 3. The third kappa shape index (κ3) is 5.95. The normalized spacial score (nSPS) is 13.8. The van der Waals surface area contributed by atoms with Gasteiger partial charge in [0, 0.05) is 40.9 Å². The highest BCUT2D eigenvalue weighted by Crippen LogP contribution is 2.30. The highest BCUT2D eigenvalue weighted by Gasteiger charge is 2.17. The summed E-state index contributed by atoms with van der Waals surface area (Å²) in [6.45, 7) is 2.33. The van der Waals surface area contributed by atoms with E-state index in [0.29, 0.717) is 48.0 Å². The number of phenols is 1.